The Morgan fingerprint density at radius 1 is 1.03 bits per heavy atom. The number of hydrogen-bond donors (Lipinski definition) is 2. The zero-order valence-corrected chi connectivity index (χ0v) is 18.8. The van der Waals surface area contributed by atoms with Gasteiger partial charge in [0, 0.05) is 43.6 Å². The van der Waals surface area contributed by atoms with E-state index in [-0.39, 0.29) is 0 Å². The number of fused-ring (bicyclic) bond motifs is 1. The van der Waals surface area contributed by atoms with Crippen LogP contribution in [0.3, 0.4) is 0 Å². The van der Waals surface area contributed by atoms with Crippen LogP contribution in [0.5, 0.6) is 5.75 Å². The Morgan fingerprint density at radius 2 is 1.80 bits per heavy atom. The molecule has 1 aliphatic heterocycles. The number of piperazine rings is 1. The van der Waals surface area contributed by atoms with E-state index >= 15 is 0 Å². The van der Waals surface area contributed by atoms with Gasteiger partial charge in [-0.15, -0.1) is 0 Å². The molecule has 35 heavy (non-hydrogen) atoms. The molecule has 4 heterocycles. The molecule has 0 atom stereocenters. The van der Waals surface area contributed by atoms with Crippen LogP contribution in [0.15, 0.2) is 55.0 Å². The predicted octanol–water partition coefficient (Wildman–Crippen LogP) is 4.27. The number of nitrogens with one attached hydrogen (secondary N) is 2. The van der Waals surface area contributed by atoms with E-state index in [1.165, 1.54) is 12.1 Å². The SMILES string of the molecule is COc1cncc2nc(-c3ccnc(Nc4ccc(C(F)(F)F)cc4)c3)nc(N3CCNCC3)c12. The summed E-state index contributed by atoms with van der Waals surface area (Å²) in [6.07, 6.45) is 0.542. The topological polar surface area (TPSA) is 88.1 Å². The largest absolute Gasteiger partial charge is 0.494 e. The quantitative estimate of drug-likeness (QED) is 0.437. The number of benzene rings is 1. The van der Waals surface area contributed by atoms with Crippen molar-refractivity contribution in [2.45, 2.75) is 6.18 Å². The first-order valence-corrected chi connectivity index (χ1v) is 11.0. The molecule has 0 bridgehead atoms. The summed E-state index contributed by atoms with van der Waals surface area (Å²) in [5, 5.41) is 7.18. The molecule has 8 nitrogen and oxygen atoms in total. The minimum atomic E-state index is -4.39. The molecule has 0 unspecified atom stereocenters. The van der Waals surface area contributed by atoms with Crippen molar-refractivity contribution in [1.29, 1.82) is 0 Å². The van der Waals surface area contributed by atoms with Crippen molar-refractivity contribution in [3.63, 3.8) is 0 Å². The van der Waals surface area contributed by atoms with Crippen LogP contribution in [0.1, 0.15) is 5.56 Å². The van der Waals surface area contributed by atoms with Crippen LogP contribution in [0.25, 0.3) is 22.3 Å². The third-order valence-electron chi connectivity index (χ3n) is 5.69. The summed E-state index contributed by atoms with van der Waals surface area (Å²) in [5.41, 5.74) is 1.13. The number of halogens is 3. The predicted molar refractivity (Wildman–Crippen MR) is 127 cm³/mol. The van der Waals surface area contributed by atoms with E-state index in [0.29, 0.717) is 34.2 Å². The van der Waals surface area contributed by atoms with Gasteiger partial charge in [-0.1, -0.05) is 0 Å². The highest BCUT2D eigenvalue weighted by Gasteiger charge is 2.30. The number of ether oxygens (including phenoxy) is 1. The van der Waals surface area contributed by atoms with Crippen LogP contribution < -0.4 is 20.3 Å². The Morgan fingerprint density at radius 3 is 2.51 bits per heavy atom. The van der Waals surface area contributed by atoms with E-state index in [0.717, 1.165) is 49.5 Å². The molecule has 3 aromatic heterocycles. The van der Waals surface area contributed by atoms with Gasteiger partial charge in [-0.2, -0.15) is 13.2 Å². The number of hydrogen-bond acceptors (Lipinski definition) is 8. The van der Waals surface area contributed by atoms with E-state index in [1.54, 1.807) is 37.8 Å². The smallest absolute Gasteiger partial charge is 0.416 e. The van der Waals surface area contributed by atoms with Gasteiger partial charge in [-0.05, 0) is 36.4 Å². The average Bonchev–Trinajstić information content (AvgIpc) is 2.88. The van der Waals surface area contributed by atoms with Gasteiger partial charge >= 0.3 is 6.18 Å². The fourth-order valence-electron chi connectivity index (χ4n) is 3.95. The van der Waals surface area contributed by atoms with Crippen LogP contribution in [0, 0.1) is 0 Å². The lowest BCUT2D eigenvalue weighted by Gasteiger charge is -2.29. The fraction of sp³-hybridized carbons (Fsp3) is 0.250. The first-order valence-electron chi connectivity index (χ1n) is 11.0. The molecule has 2 N–H and O–H groups in total. The van der Waals surface area contributed by atoms with Gasteiger partial charge in [0.2, 0.25) is 0 Å². The number of methoxy groups -OCH3 is 1. The van der Waals surface area contributed by atoms with Crippen LogP contribution in [-0.2, 0) is 6.18 Å². The van der Waals surface area contributed by atoms with E-state index in [2.05, 4.69) is 25.5 Å². The summed E-state index contributed by atoms with van der Waals surface area (Å²) >= 11 is 0. The third-order valence-corrected chi connectivity index (χ3v) is 5.69. The molecule has 0 aliphatic carbocycles. The standard InChI is InChI=1S/C24H22F3N7O/c1-35-19-14-29-13-18-21(19)23(34-10-8-28-9-11-34)33-22(32-18)15-6-7-30-20(12-15)31-17-4-2-16(3-5-17)24(25,26)27/h2-7,12-14,28H,8-11H2,1H3,(H,30,31). The lowest BCUT2D eigenvalue weighted by atomic mass is 10.2. The second-order valence-electron chi connectivity index (χ2n) is 7.97. The number of aromatic nitrogens is 4. The van der Waals surface area contributed by atoms with Crippen LogP contribution in [0.4, 0.5) is 30.5 Å². The summed E-state index contributed by atoms with van der Waals surface area (Å²) in [6, 6.07) is 8.33. The molecule has 0 spiro atoms. The van der Waals surface area contributed by atoms with Crippen molar-refractivity contribution >= 4 is 28.2 Å². The maximum atomic E-state index is 12.8. The van der Waals surface area contributed by atoms with Gasteiger partial charge in [0.1, 0.15) is 17.4 Å². The summed E-state index contributed by atoms with van der Waals surface area (Å²) < 4.78 is 44.1. The van der Waals surface area contributed by atoms with Crippen LogP contribution >= 0.6 is 0 Å². The van der Waals surface area contributed by atoms with Crippen LogP contribution in [0.2, 0.25) is 0 Å². The summed E-state index contributed by atoms with van der Waals surface area (Å²) in [4.78, 5) is 20.3. The highest BCUT2D eigenvalue weighted by atomic mass is 19.4. The lowest BCUT2D eigenvalue weighted by molar-refractivity contribution is -0.137. The fourth-order valence-corrected chi connectivity index (χ4v) is 3.95. The van der Waals surface area contributed by atoms with Gasteiger partial charge in [0.05, 0.1) is 36.0 Å². The van der Waals surface area contributed by atoms with Crippen molar-refractivity contribution in [3.05, 3.63) is 60.6 Å². The lowest BCUT2D eigenvalue weighted by Crippen LogP contribution is -2.44. The van der Waals surface area contributed by atoms with Gasteiger partial charge in [0.25, 0.3) is 0 Å². The Labute approximate surface area is 199 Å². The van der Waals surface area contributed by atoms with Gasteiger partial charge < -0.3 is 20.3 Å². The van der Waals surface area contributed by atoms with Crippen molar-refractivity contribution in [2.75, 3.05) is 43.5 Å². The molecule has 5 rings (SSSR count). The average molecular weight is 481 g/mol. The summed E-state index contributed by atoms with van der Waals surface area (Å²) in [7, 11) is 1.59. The maximum absolute atomic E-state index is 12.8. The molecule has 1 aromatic carbocycles. The minimum Gasteiger partial charge on any atom is -0.494 e. The molecule has 4 aromatic rings. The molecule has 1 fully saturated rings. The number of anilines is 3. The van der Waals surface area contributed by atoms with E-state index in [4.69, 9.17) is 14.7 Å². The summed E-state index contributed by atoms with van der Waals surface area (Å²) in [6.45, 7) is 3.25. The molecular formula is C24H22F3N7O. The van der Waals surface area contributed by atoms with Crippen molar-refractivity contribution < 1.29 is 17.9 Å². The van der Waals surface area contributed by atoms with Gasteiger partial charge in [-0.25, -0.2) is 15.0 Å². The van der Waals surface area contributed by atoms with E-state index < -0.39 is 11.7 Å². The first kappa shape index (κ1) is 22.8. The van der Waals surface area contributed by atoms with E-state index in [9.17, 15) is 13.2 Å². The highest BCUT2D eigenvalue weighted by Crippen LogP contribution is 2.34. The molecule has 1 saturated heterocycles. The number of rotatable bonds is 5. The number of nitrogens with zero attached hydrogens (tertiary/aromatic N) is 5. The molecular weight excluding hydrogens is 459 g/mol. The molecule has 0 amide bonds. The highest BCUT2D eigenvalue weighted by molar-refractivity contribution is 5.95. The Hall–Kier alpha value is -3.99. The van der Waals surface area contributed by atoms with Crippen molar-refractivity contribution in [3.8, 4) is 17.1 Å². The Bertz CT molecular complexity index is 1340. The maximum Gasteiger partial charge on any atom is 0.416 e. The second-order valence-corrected chi connectivity index (χ2v) is 7.97. The molecule has 1 aliphatic rings. The van der Waals surface area contributed by atoms with E-state index in [1.807, 2.05) is 0 Å². The zero-order chi connectivity index (χ0) is 24.4. The normalized spacial score (nSPS) is 14.2. The van der Waals surface area contributed by atoms with Crippen molar-refractivity contribution in [1.82, 2.24) is 25.3 Å². The minimum absolute atomic E-state index is 0.457. The third kappa shape index (κ3) is 4.80. The summed E-state index contributed by atoms with van der Waals surface area (Å²) in [5.74, 6) is 2.30. The monoisotopic (exact) mass is 481 g/mol. The molecule has 0 radical (unpaired) electrons. The molecule has 180 valence electrons. The molecule has 11 heteroatoms. The van der Waals surface area contributed by atoms with Gasteiger partial charge in [0.15, 0.2) is 5.82 Å². The number of alkyl halides is 3. The Balaban J connectivity index is 1.51. The zero-order valence-electron chi connectivity index (χ0n) is 18.8. The molecule has 0 saturated carbocycles. The van der Waals surface area contributed by atoms with Crippen LogP contribution in [-0.4, -0.2) is 53.2 Å². The van der Waals surface area contributed by atoms with Gasteiger partial charge in [-0.3, -0.25) is 4.98 Å². The number of pyridine rings is 2. The first-order chi connectivity index (χ1) is 16.9. The Kier molecular flexibility index (Phi) is 6.08. The second kappa shape index (κ2) is 9.34. The van der Waals surface area contributed by atoms with Crippen molar-refractivity contribution in [2.24, 2.45) is 0 Å².